The predicted molar refractivity (Wildman–Crippen MR) is 81.1 cm³/mol. The van der Waals surface area contributed by atoms with Crippen molar-refractivity contribution in [3.63, 3.8) is 0 Å². The van der Waals surface area contributed by atoms with Gasteiger partial charge in [0.1, 0.15) is 0 Å². The summed E-state index contributed by atoms with van der Waals surface area (Å²) < 4.78 is 20.5. The first-order chi connectivity index (χ1) is 10.5. The molecule has 22 heavy (non-hydrogen) atoms. The van der Waals surface area contributed by atoms with Gasteiger partial charge in [-0.25, -0.2) is 4.79 Å². The smallest absolute Gasteiger partial charge is 0.330 e. The van der Waals surface area contributed by atoms with Crippen LogP contribution in [0.15, 0.2) is 18.2 Å². The van der Waals surface area contributed by atoms with Gasteiger partial charge in [0.25, 0.3) is 0 Å². The van der Waals surface area contributed by atoms with Crippen LogP contribution in [-0.2, 0) is 14.3 Å². The topological polar surface area (TPSA) is 71.1 Å². The number of carbonyl (C=O) groups excluding carboxylic acids is 2. The van der Waals surface area contributed by atoms with E-state index >= 15 is 0 Å². The van der Waals surface area contributed by atoms with Crippen LogP contribution < -0.4 is 14.2 Å². The van der Waals surface area contributed by atoms with Crippen LogP contribution in [0.4, 0.5) is 0 Å². The third-order valence-electron chi connectivity index (χ3n) is 2.69. The number of ether oxygens (including phenoxy) is 4. The molecule has 1 aromatic rings. The van der Waals surface area contributed by atoms with Crippen LogP contribution in [0.3, 0.4) is 0 Å². The summed E-state index contributed by atoms with van der Waals surface area (Å²) in [6.07, 6.45) is 3.10. The van der Waals surface area contributed by atoms with Gasteiger partial charge in [-0.05, 0) is 30.7 Å². The van der Waals surface area contributed by atoms with E-state index in [0.29, 0.717) is 23.7 Å². The van der Waals surface area contributed by atoms with Gasteiger partial charge < -0.3 is 18.9 Å². The molecule has 1 aromatic carbocycles. The van der Waals surface area contributed by atoms with E-state index in [1.54, 1.807) is 32.1 Å². The maximum absolute atomic E-state index is 11.5. The SMILES string of the molecule is CCOC(=O)/C=C/c1cc(OC)c(OC(=O)CC)c(OC)c1. The highest BCUT2D eigenvalue weighted by Crippen LogP contribution is 2.39. The quantitative estimate of drug-likeness (QED) is 0.438. The predicted octanol–water partition coefficient (Wildman–Crippen LogP) is 2.60. The fourth-order valence-electron chi connectivity index (χ4n) is 1.64. The van der Waals surface area contributed by atoms with Crippen molar-refractivity contribution in [2.24, 2.45) is 0 Å². The molecule has 1 rings (SSSR count). The lowest BCUT2D eigenvalue weighted by Gasteiger charge is -2.13. The number of rotatable bonds is 7. The number of esters is 2. The Morgan fingerprint density at radius 1 is 1.09 bits per heavy atom. The third-order valence-corrected chi connectivity index (χ3v) is 2.69. The molecule has 0 atom stereocenters. The maximum Gasteiger partial charge on any atom is 0.330 e. The number of hydrogen-bond acceptors (Lipinski definition) is 6. The van der Waals surface area contributed by atoms with E-state index < -0.39 is 11.9 Å². The van der Waals surface area contributed by atoms with Crippen LogP contribution >= 0.6 is 0 Å². The van der Waals surface area contributed by atoms with Crippen molar-refractivity contribution in [3.05, 3.63) is 23.8 Å². The molecule has 0 fully saturated rings. The van der Waals surface area contributed by atoms with E-state index in [1.807, 2.05) is 0 Å². The molecule has 0 aliphatic rings. The standard InChI is InChI=1S/C16H20O6/c1-5-14(17)22-16-12(19-3)9-11(10-13(16)20-4)7-8-15(18)21-6-2/h7-10H,5-6H2,1-4H3/b8-7+. The maximum atomic E-state index is 11.5. The lowest BCUT2D eigenvalue weighted by Crippen LogP contribution is -2.08. The summed E-state index contributed by atoms with van der Waals surface area (Å²) >= 11 is 0. The fraction of sp³-hybridized carbons (Fsp3) is 0.375. The molecule has 0 unspecified atom stereocenters. The van der Waals surface area contributed by atoms with E-state index in [0.717, 1.165) is 0 Å². The molecule has 0 spiro atoms. The zero-order valence-electron chi connectivity index (χ0n) is 13.2. The van der Waals surface area contributed by atoms with Crippen LogP contribution in [0.25, 0.3) is 6.08 Å². The molecule has 0 amide bonds. The van der Waals surface area contributed by atoms with E-state index in [2.05, 4.69) is 0 Å². The summed E-state index contributed by atoms with van der Waals surface area (Å²) in [6, 6.07) is 3.27. The number of methoxy groups -OCH3 is 2. The van der Waals surface area contributed by atoms with Gasteiger partial charge in [0.2, 0.25) is 5.75 Å². The number of benzene rings is 1. The molecule has 0 aliphatic carbocycles. The number of carbonyl (C=O) groups is 2. The van der Waals surface area contributed by atoms with Gasteiger partial charge in [-0.2, -0.15) is 0 Å². The van der Waals surface area contributed by atoms with Crippen LogP contribution in [0.2, 0.25) is 0 Å². The summed E-state index contributed by atoms with van der Waals surface area (Å²) in [5, 5.41) is 0. The van der Waals surface area contributed by atoms with Crippen LogP contribution in [0.1, 0.15) is 25.8 Å². The van der Waals surface area contributed by atoms with E-state index in [-0.39, 0.29) is 12.2 Å². The van der Waals surface area contributed by atoms with Crippen molar-refractivity contribution in [2.75, 3.05) is 20.8 Å². The molecule has 0 heterocycles. The Morgan fingerprint density at radius 2 is 1.68 bits per heavy atom. The average Bonchev–Trinajstić information content (AvgIpc) is 2.53. The molecule has 6 heteroatoms. The molecule has 0 saturated carbocycles. The van der Waals surface area contributed by atoms with Gasteiger partial charge in [-0.1, -0.05) is 6.92 Å². The molecule has 0 aliphatic heterocycles. The largest absolute Gasteiger partial charge is 0.493 e. The van der Waals surface area contributed by atoms with Gasteiger partial charge in [0.15, 0.2) is 11.5 Å². The van der Waals surface area contributed by atoms with Crippen molar-refractivity contribution in [3.8, 4) is 17.2 Å². The zero-order chi connectivity index (χ0) is 16.5. The molecule has 0 N–H and O–H groups in total. The van der Waals surface area contributed by atoms with E-state index in [1.165, 1.54) is 20.3 Å². The Hall–Kier alpha value is -2.50. The van der Waals surface area contributed by atoms with Gasteiger partial charge in [-0.3, -0.25) is 4.79 Å². The Bertz CT molecular complexity index is 537. The normalized spacial score (nSPS) is 10.4. The molecule has 120 valence electrons. The van der Waals surface area contributed by atoms with Crippen molar-refractivity contribution >= 4 is 18.0 Å². The Kier molecular flexibility index (Phi) is 6.95. The molecule has 6 nitrogen and oxygen atoms in total. The van der Waals surface area contributed by atoms with Crippen molar-refractivity contribution in [1.29, 1.82) is 0 Å². The molecular formula is C16H20O6. The van der Waals surface area contributed by atoms with Crippen molar-refractivity contribution < 1.29 is 28.5 Å². The summed E-state index contributed by atoms with van der Waals surface area (Å²) in [7, 11) is 2.91. The van der Waals surface area contributed by atoms with E-state index in [4.69, 9.17) is 18.9 Å². The lowest BCUT2D eigenvalue weighted by atomic mass is 10.1. The highest BCUT2D eigenvalue weighted by atomic mass is 16.6. The Morgan fingerprint density at radius 3 is 2.14 bits per heavy atom. The highest BCUT2D eigenvalue weighted by Gasteiger charge is 2.16. The summed E-state index contributed by atoms with van der Waals surface area (Å²) in [5.41, 5.74) is 0.651. The van der Waals surface area contributed by atoms with Crippen LogP contribution in [0.5, 0.6) is 17.2 Å². The second-order valence-corrected chi connectivity index (χ2v) is 4.17. The zero-order valence-corrected chi connectivity index (χ0v) is 13.2. The van der Waals surface area contributed by atoms with Crippen molar-refractivity contribution in [1.82, 2.24) is 0 Å². The second-order valence-electron chi connectivity index (χ2n) is 4.17. The molecule has 0 bridgehead atoms. The van der Waals surface area contributed by atoms with Crippen molar-refractivity contribution in [2.45, 2.75) is 20.3 Å². The van der Waals surface area contributed by atoms with Crippen LogP contribution in [-0.4, -0.2) is 32.8 Å². The first kappa shape index (κ1) is 17.6. The van der Waals surface area contributed by atoms with Crippen LogP contribution in [0, 0.1) is 0 Å². The molecular weight excluding hydrogens is 288 g/mol. The third kappa shape index (κ3) is 4.80. The summed E-state index contributed by atoms with van der Waals surface area (Å²) in [5.74, 6) is 0.0489. The monoisotopic (exact) mass is 308 g/mol. The highest BCUT2D eigenvalue weighted by molar-refractivity contribution is 5.87. The first-order valence-corrected chi connectivity index (χ1v) is 6.87. The van der Waals surface area contributed by atoms with E-state index in [9.17, 15) is 9.59 Å². The van der Waals surface area contributed by atoms with Gasteiger partial charge in [0.05, 0.1) is 20.8 Å². The molecule has 0 radical (unpaired) electrons. The Labute approximate surface area is 129 Å². The summed E-state index contributed by atoms with van der Waals surface area (Å²) in [4.78, 5) is 22.8. The minimum atomic E-state index is -0.443. The van der Waals surface area contributed by atoms with Gasteiger partial charge >= 0.3 is 11.9 Å². The lowest BCUT2D eigenvalue weighted by molar-refractivity contribution is -0.137. The second kappa shape index (κ2) is 8.71. The Balaban J connectivity index is 3.13. The van der Waals surface area contributed by atoms with Gasteiger partial charge in [0, 0.05) is 12.5 Å². The summed E-state index contributed by atoms with van der Waals surface area (Å²) in [6.45, 7) is 3.73. The molecule has 0 aromatic heterocycles. The first-order valence-electron chi connectivity index (χ1n) is 6.87. The fourth-order valence-corrected chi connectivity index (χ4v) is 1.64. The average molecular weight is 308 g/mol. The minimum Gasteiger partial charge on any atom is -0.493 e. The minimum absolute atomic E-state index is 0.213. The van der Waals surface area contributed by atoms with Gasteiger partial charge in [-0.15, -0.1) is 0 Å². The number of hydrogen-bond donors (Lipinski definition) is 0. The molecule has 0 saturated heterocycles.